The normalized spacial score (nSPS) is 18.8. The van der Waals surface area contributed by atoms with E-state index in [1.54, 1.807) is 0 Å². The van der Waals surface area contributed by atoms with E-state index in [-0.39, 0.29) is 0 Å². The molecule has 0 atom stereocenters. The maximum Gasteiger partial charge on any atom is 0.240 e. The van der Waals surface area contributed by atoms with Gasteiger partial charge in [-0.25, -0.2) is 0 Å². The van der Waals surface area contributed by atoms with E-state index in [0.717, 1.165) is 12.4 Å². The average Bonchev–Trinajstić information content (AvgIpc) is 2.76. The molecule has 2 rings (SSSR count). The summed E-state index contributed by atoms with van der Waals surface area (Å²) in [5.74, 6) is 1.27. The lowest BCUT2D eigenvalue weighted by Gasteiger charge is -2.28. The molecule has 0 bridgehead atoms. The van der Waals surface area contributed by atoms with Gasteiger partial charge in [0.05, 0.1) is 13.1 Å². The standard InChI is InChI=1S/C13H24N4O/c1-17(10-12-15-13(9-14)18-16-12)11-7-5-3-2-4-6-8-11/h11H,2-10,14H2,1H3. The number of aromatic nitrogens is 2. The third-order valence-electron chi connectivity index (χ3n) is 3.77. The Morgan fingerprint density at radius 2 is 1.89 bits per heavy atom. The Hall–Kier alpha value is -0.940. The summed E-state index contributed by atoms with van der Waals surface area (Å²) in [7, 11) is 2.16. The van der Waals surface area contributed by atoms with Crippen molar-refractivity contribution in [2.24, 2.45) is 5.73 Å². The molecule has 5 heteroatoms. The lowest BCUT2D eigenvalue weighted by molar-refractivity contribution is 0.189. The first-order valence-electron chi connectivity index (χ1n) is 7.01. The molecular weight excluding hydrogens is 228 g/mol. The van der Waals surface area contributed by atoms with Gasteiger partial charge in [-0.3, -0.25) is 4.90 Å². The highest BCUT2D eigenvalue weighted by molar-refractivity contribution is 4.86. The van der Waals surface area contributed by atoms with Crippen LogP contribution in [0, 0.1) is 0 Å². The maximum absolute atomic E-state index is 5.46. The Morgan fingerprint density at radius 3 is 2.50 bits per heavy atom. The van der Waals surface area contributed by atoms with Crippen LogP contribution in [0.4, 0.5) is 0 Å². The average molecular weight is 252 g/mol. The second kappa shape index (κ2) is 6.85. The van der Waals surface area contributed by atoms with Crippen molar-refractivity contribution in [1.29, 1.82) is 0 Å². The predicted molar refractivity (Wildman–Crippen MR) is 69.8 cm³/mol. The van der Waals surface area contributed by atoms with Crippen LogP contribution in [0.5, 0.6) is 0 Å². The molecule has 1 aromatic heterocycles. The van der Waals surface area contributed by atoms with Crippen molar-refractivity contribution in [2.75, 3.05) is 7.05 Å². The molecule has 0 aromatic carbocycles. The van der Waals surface area contributed by atoms with Crippen molar-refractivity contribution in [3.05, 3.63) is 11.7 Å². The van der Waals surface area contributed by atoms with Gasteiger partial charge in [0.25, 0.3) is 0 Å². The van der Waals surface area contributed by atoms with E-state index < -0.39 is 0 Å². The van der Waals surface area contributed by atoms with Crippen LogP contribution in [0.1, 0.15) is 56.7 Å². The first-order chi connectivity index (χ1) is 8.79. The molecule has 0 unspecified atom stereocenters. The Balaban J connectivity index is 1.86. The molecule has 0 radical (unpaired) electrons. The lowest BCUT2D eigenvalue weighted by Crippen LogP contribution is -2.32. The smallest absolute Gasteiger partial charge is 0.240 e. The van der Waals surface area contributed by atoms with E-state index in [9.17, 15) is 0 Å². The molecule has 1 aliphatic rings. The molecule has 1 fully saturated rings. The van der Waals surface area contributed by atoms with Gasteiger partial charge in [0.1, 0.15) is 0 Å². The van der Waals surface area contributed by atoms with Crippen LogP contribution >= 0.6 is 0 Å². The van der Waals surface area contributed by atoms with Gasteiger partial charge >= 0.3 is 0 Å². The molecular formula is C13H24N4O. The molecule has 0 aliphatic heterocycles. The highest BCUT2D eigenvalue weighted by atomic mass is 16.5. The van der Waals surface area contributed by atoms with E-state index in [4.69, 9.17) is 10.3 Å². The number of nitrogens with zero attached hydrogens (tertiary/aromatic N) is 3. The quantitative estimate of drug-likeness (QED) is 0.888. The Kier molecular flexibility index (Phi) is 5.13. The summed E-state index contributed by atoms with van der Waals surface area (Å²) in [6.45, 7) is 1.08. The molecule has 0 spiro atoms. The van der Waals surface area contributed by atoms with Crippen LogP contribution < -0.4 is 5.73 Å². The van der Waals surface area contributed by atoms with E-state index in [1.165, 1.54) is 44.9 Å². The molecule has 1 saturated carbocycles. The fourth-order valence-corrected chi connectivity index (χ4v) is 2.66. The first-order valence-corrected chi connectivity index (χ1v) is 7.01. The fraction of sp³-hybridized carbons (Fsp3) is 0.846. The molecule has 0 saturated heterocycles. The first kappa shape index (κ1) is 13.5. The Morgan fingerprint density at radius 1 is 1.22 bits per heavy atom. The summed E-state index contributed by atoms with van der Waals surface area (Å²) >= 11 is 0. The monoisotopic (exact) mass is 252 g/mol. The number of hydrogen-bond donors (Lipinski definition) is 1. The van der Waals surface area contributed by atoms with E-state index in [0.29, 0.717) is 18.5 Å². The summed E-state index contributed by atoms with van der Waals surface area (Å²) in [5, 5.41) is 3.96. The molecule has 102 valence electrons. The number of nitrogens with two attached hydrogens (primary N) is 1. The van der Waals surface area contributed by atoms with E-state index in [2.05, 4.69) is 22.1 Å². The van der Waals surface area contributed by atoms with Crippen molar-refractivity contribution in [3.63, 3.8) is 0 Å². The number of rotatable bonds is 4. The molecule has 2 N–H and O–H groups in total. The van der Waals surface area contributed by atoms with E-state index >= 15 is 0 Å². The Bertz CT molecular complexity index is 345. The van der Waals surface area contributed by atoms with Gasteiger partial charge in [0.15, 0.2) is 5.82 Å². The van der Waals surface area contributed by atoms with Crippen molar-refractivity contribution in [2.45, 2.75) is 64.1 Å². The summed E-state index contributed by atoms with van der Waals surface area (Å²) in [4.78, 5) is 6.62. The van der Waals surface area contributed by atoms with Crippen LogP contribution in [0.3, 0.4) is 0 Å². The van der Waals surface area contributed by atoms with Gasteiger partial charge in [0.2, 0.25) is 5.89 Å². The van der Waals surface area contributed by atoms with Crippen LogP contribution in [0.2, 0.25) is 0 Å². The zero-order chi connectivity index (χ0) is 12.8. The Labute approximate surface area is 109 Å². The highest BCUT2D eigenvalue weighted by Crippen LogP contribution is 2.21. The van der Waals surface area contributed by atoms with E-state index in [1.807, 2.05) is 0 Å². The van der Waals surface area contributed by atoms with Crippen molar-refractivity contribution in [3.8, 4) is 0 Å². The van der Waals surface area contributed by atoms with Crippen LogP contribution in [-0.2, 0) is 13.1 Å². The minimum atomic E-state index is 0.320. The SMILES string of the molecule is CN(Cc1noc(CN)n1)C1CCCCCCC1. The predicted octanol–water partition coefficient (Wildman–Crippen LogP) is 2.07. The second-order valence-corrected chi connectivity index (χ2v) is 5.22. The molecule has 1 aliphatic carbocycles. The van der Waals surface area contributed by atoms with Crippen molar-refractivity contribution in [1.82, 2.24) is 15.0 Å². The molecule has 1 heterocycles. The molecule has 0 amide bonds. The molecule has 1 aromatic rings. The maximum atomic E-state index is 5.46. The molecule has 5 nitrogen and oxygen atoms in total. The minimum absolute atomic E-state index is 0.320. The molecule has 18 heavy (non-hydrogen) atoms. The zero-order valence-corrected chi connectivity index (χ0v) is 11.3. The van der Waals surface area contributed by atoms with Gasteiger partial charge in [-0.1, -0.05) is 37.3 Å². The summed E-state index contributed by atoms with van der Waals surface area (Å²) in [6.07, 6.45) is 9.43. The lowest BCUT2D eigenvalue weighted by atomic mass is 9.96. The van der Waals surface area contributed by atoms with Gasteiger partial charge in [-0.05, 0) is 19.9 Å². The highest BCUT2D eigenvalue weighted by Gasteiger charge is 2.18. The topological polar surface area (TPSA) is 68.2 Å². The number of hydrogen-bond acceptors (Lipinski definition) is 5. The van der Waals surface area contributed by atoms with Crippen LogP contribution in [-0.4, -0.2) is 28.1 Å². The van der Waals surface area contributed by atoms with Crippen LogP contribution in [0.15, 0.2) is 4.52 Å². The van der Waals surface area contributed by atoms with Gasteiger partial charge < -0.3 is 10.3 Å². The van der Waals surface area contributed by atoms with Gasteiger partial charge in [-0.15, -0.1) is 0 Å². The van der Waals surface area contributed by atoms with Gasteiger partial charge in [0, 0.05) is 6.04 Å². The van der Waals surface area contributed by atoms with Crippen molar-refractivity contribution < 1.29 is 4.52 Å². The van der Waals surface area contributed by atoms with Gasteiger partial charge in [-0.2, -0.15) is 4.98 Å². The summed E-state index contributed by atoms with van der Waals surface area (Å²) in [5.41, 5.74) is 5.46. The third kappa shape index (κ3) is 3.78. The second-order valence-electron chi connectivity index (χ2n) is 5.22. The zero-order valence-electron chi connectivity index (χ0n) is 11.3. The largest absolute Gasteiger partial charge is 0.338 e. The van der Waals surface area contributed by atoms with Crippen molar-refractivity contribution >= 4 is 0 Å². The minimum Gasteiger partial charge on any atom is -0.338 e. The fourth-order valence-electron chi connectivity index (χ4n) is 2.66. The third-order valence-corrected chi connectivity index (χ3v) is 3.77. The summed E-state index contributed by atoms with van der Waals surface area (Å²) < 4.78 is 5.03. The summed E-state index contributed by atoms with van der Waals surface area (Å²) in [6, 6.07) is 0.658. The van der Waals surface area contributed by atoms with Crippen LogP contribution in [0.25, 0.3) is 0 Å².